The molecule has 1 fully saturated rings. The minimum atomic E-state index is -0.861. The van der Waals surface area contributed by atoms with E-state index in [0.717, 1.165) is 0 Å². The van der Waals surface area contributed by atoms with Gasteiger partial charge in [-0.2, -0.15) is 0 Å². The van der Waals surface area contributed by atoms with Crippen LogP contribution in [0.2, 0.25) is 0 Å². The molecule has 1 aliphatic rings. The summed E-state index contributed by atoms with van der Waals surface area (Å²) in [6, 6.07) is -0.823. The van der Waals surface area contributed by atoms with Crippen LogP contribution in [0.3, 0.4) is 0 Å². The number of allylic oxidation sites excluding steroid dienone is 1. The summed E-state index contributed by atoms with van der Waals surface area (Å²) in [5, 5.41) is 0. The fraction of sp³-hybridized carbons (Fsp3) is 0.700. The number of hydrogen-bond acceptors (Lipinski definition) is 9. The van der Waals surface area contributed by atoms with Crippen molar-refractivity contribution in [3.8, 4) is 0 Å². The first-order valence-corrected chi connectivity index (χ1v) is 9.78. The van der Waals surface area contributed by atoms with E-state index in [1.54, 1.807) is 41.5 Å². The number of rotatable bonds is 8. The Morgan fingerprint density at radius 1 is 0.931 bits per heavy atom. The Balaban J connectivity index is 3.37. The van der Waals surface area contributed by atoms with E-state index >= 15 is 0 Å². The Morgan fingerprint density at radius 2 is 1.45 bits per heavy atom. The number of carbonyl (C=O) groups excluding carboxylic acids is 4. The normalized spacial score (nSPS) is 16.3. The summed E-state index contributed by atoms with van der Waals surface area (Å²) in [7, 11) is 0. The molecule has 0 aromatic carbocycles. The number of esters is 4. The fourth-order valence-corrected chi connectivity index (χ4v) is 2.96. The van der Waals surface area contributed by atoms with E-state index in [4.69, 9.17) is 18.9 Å². The molecule has 1 rings (SSSR count). The minimum Gasteiger partial charge on any atom is -0.464 e. The van der Waals surface area contributed by atoms with Gasteiger partial charge < -0.3 is 23.8 Å². The van der Waals surface area contributed by atoms with Crippen molar-refractivity contribution < 1.29 is 38.1 Å². The molecule has 0 aromatic heterocycles. The molecule has 0 aromatic rings. The Bertz CT molecular complexity index is 642. The molecule has 1 atom stereocenters. The maximum Gasteiger partial charge on any atom is 0.347 e. The molecule has 0 radical (unpaired) electrons. The van der Waals surface area contributed by atoms with Crippen LogP contribution in [0.15, 0.2) is 11.3 Å². The molecule has 164 valence electrons. The number of ether oxygens (including phenoxy) is 4. The van der Waals surface area contributed by atoms with Crippen molar-refractivity contribution in [3.05, 3.63) is 11.3 Å². The van der Waals surface area contributed by atoms with Crippen LogP contribution in [0.4, 0.5) is 0 Å². The molecule has 0 N–H and O–H groups in total. The Kier molecular flexibility index (Phi) is 9.13. The minimum absolute atomic E-state index is 0.0579. The van der Waals surface area contributed by atoms with Crippen LogP contribution < -0.4 is 0 Å². The lowest BCUT2D eigenvalue weighted by Gasteiger charge is -2.28. The topological polar surface area (TPSA) is 108 Å². The van der Waals surface area contributed by atoms with Gasteiger partial charge in [-0.25, -0.2) is 14.4 Å². The molecule has 0 unspecified atom stereocenters. The van der Waals surface area contributed by atoms with Crippen molar-refractivity contribution in [1.82, 2.24) is 4.90 Å². The van der Waals surface area contributed by atoms with E-state index in [2.05, 4.69) is 0 Å². The smallest absolute Gasteiger partial charge is 0.347 e. The SMILES string of the molecule is CCOC(=O)C(C(=O)OCC)=C1CC[C@@H](C(=O)OCC)N1CC(=O)OC(C)(C)C. The van der Waals surface area contributed by atoms with Gasteiger partial charge in [-0.3, -0.25) is 4.79 Å². The molecular formula is C20H31NO8. The third-order valence-corrected chi connectivity index (χ3v) is 3.90. The zero-order chi connectivity index (χ0) is 22.2. The lowest BCUT2D eigenvalue weighted by molar-refractivity contribution is -0.158. The average Bonchev–Trinajstić information content (AvgIpc) is 2.97. The van der Waals surface area contributed by atoms with E-state index in [1.165, 1.54) is 4.90 Å². The molecule has 0 bridgehead atoms. The van der Waals surface area contributed by atoms with Crippen LogP contribution in [-0.2, 0) is 38.1 Å². The maximum atomic E-state index is 12.5. The van der Waals surface area contributed by atoms with Gasteiger partial charge in [0.05, 0.1) is 19.8 Å². The number of nitrogens with zero attached hydrogens (tertiary/aromatic N) is 1. The molecule has 9 heteroatoms. The lowest BCUT2D eigenvalue weighted by atomic mass is 10.1. The third kappa shape index (κ3) is 7.07. The number of carbonyl (C=O) groups is 4. The highest BCUT2D eigenvalue weighted by atomic mass is 16.6. The van der Waals surface area contributed by atoms with Crippen LogP contribution in [0.25, 0.3) is 0 Å². The quantitative estimate of drug-likeness (QED) is 0.193. The first-order chi connectivity index (χ1) is 13.6. The molecule has 29 heavy (non-hydrogen) atoms. The van der Waals surface area contributed by atoms with Crippen molar-refractivity contribution in [2.75, 3.05) is 26.4 Å². The zero-order valence-electron chi connectivity index (χ0n) is 18.0. The van der Waals surface area contributed by atoms with Gasteiger partial charge in [0.15, 0.2) is 5.57 Å². The standard InChI is InChI=1S/C20H31NO8/c1-7-26-17(23)14-11-10-13(21(14)12-15(22)29-20(4,5)6)16(18(24)27-8-2)19(25)28-9-3/h14H,7-12H2,1-6H3/t14-/m0/s1. The monoisotopic (exact) mass is 413 g/mol. The van der Waals surface area contributed by atoms with Crippen LogP contribution in [0.5, 0.6) is 0 Å². The molecule has 1 aliphatic heterocycles. The van der Waals surface area contributed by atoms with Gasteiger partial charge in [0.2, 0.25) is 0 Å². The summed E-state index contributed by atoms with van der Waals surface area (Å²) in [6.45, 7) is 10.0. The second kappa shape index (κ2) is 10.8. The molecule has 1 heterocycles. The van der Waals surface area contributed by atoms with Crippen LogP contribution in [-0.4, -0.2) is 66.8 Å². The zero-order valence-corrected chi connectivity index (χ0v) is 18.0. The van der Waals surface area contributed by atoms with Gasteiger partial charge in [0, 0.05) is 5.70 Å². The molecule has 0 saturated carbocycles. The Labute approximate surface area is 171 Å². The highest BCUT2D eigenvalue weighted by Crippen LogP contribution is 2.32. The highest BCUT2D eigenvalue weighted by molar-refractivity contribution is 6.14. The first-order valence-electron chi connectivity index (χ1n) is 9.78. The van der Waals surface area contributed by atoms with E-state index < -0.39 is 35.5 Å². The molecule has 0 spiro atoms. The van der Waals surface area contributed by atoms with Crippen molar-refractivity contribution in [1.29, 1.82) is 0 Å². The maximum absolute atomic E-state index is 12.5. The highest BCUT2D eigenvalue weighted by Gasteiger charge is 2.41. The Hall–Kier alpha value is -2.58. The van der Waals surface area contributed by atoms with Gasteiger partial charge >= 0.3 is 23.9 Å². The number of hydrogen-bond donors (Lipinski definition) is 0. The van der Waals surface area contributed by atoms with E-state index in [9.17, 15) is 19.2 Å². The summed E-state index contributed by atoms with van der Waals surface area (Å²) in [5.41, 5.74) is -0.833. The Morgan fingerprint density at radius 3 is 1.90 bits per heavy atom. The van der Waals surface area contributed by atoms with Gasteiger partial charge in [-0.1, -0.05) is 0 Å². The molecule has 0 aliphatic carbocycles. The average molecular weight is 413 g/mol. The van der Waals surface area contributed by atoms with Gasteiger partial charge in [0.1, 0.15) is 18.2 Å². The van der Waals surface area contributed by atoms with Crippen LogP contribution in [0.1, 0.15) is 54.4 Å². The first kappa shape index (κ1) is 24.5. The van der Waals surface area contributed by atoms with Crippen molar-refractivity contribution in [2.45, 2.75) is 66.0 Å². The van der Waals surface area contributed by atoms with E-state index in [1.807, 2.05) is 0 Å². The summed E-state index contributed by atoms with van der Waals surface area (Å²) < 4.78 is 20.4. The summed E-state index contributed by atoms with van der Waals surface area (Å²) in [5.74, 6) is -2.87. The largest absolute Gasteiger partial charge is 0.464 e. The van der Waals surface area contributed by atoms with Gasteiger partial charge in [-0.15, -0.1) is 0 Å². The summed E-state index contributed by atoms with van der Waals surface area (Å²) in [6.07, 6.45) is 0.485. The number of likely N-dealkylation sites (tertiary alicyclic amines) is 1. The molecule has 9 nitrogen and oxygen atoms in total. The second-order valence-corrected chi connectivity index (χ2v) is 7.28. The van der Waals surface area contributed by atoms with Crippen LogP contribution in [0, 0.1) is 0 Å². The van der Waals surface area contributed by atoms with E-state index in [0.29, 0.717) is 0 Å². The summed E-state index contributed by atoms with van der Waals surface area (Å²) >= 11 is 0. The predicted octanol–water partition coefficient (Wildman–Crippen LogP) is 1.74. The second-order valence-electron chi connectivity index (χ2n) is 7.28. The predicted molar refractivity (Wildman–Crippen MR) is 102 cm³/mol. The van der Waals surface area contributed by atoms with E-state index in [-0.39, 0.29) is 50.5 Å². The van der Waals surface area contributed by atoms with Gasteiger partial charge in [-0.05, 0) is 54.4 Å². The molecular weight excluding hydrogens is 382 g/mol. The van der Waals surface area contributed by atoms with Gasteiger partial charge in [0.25, 0.3) is 0 Å². The third-order valence-electron chi connectivity index (χ3n) is 3.90. The van der Waals surface area contributed by atoms with Crippen molar-refractivity contribution in [2.24, 2.45) is 0 Å². The lowest BCUT2D eigenvalue weighted by Crippen LogP contribution is -2.42. The molecule has 0 amide bonds. The van der Waals surface area contributed by atoms with Crippen molar-refractivity contribution in [3.63, 3.8) is 0 Å². The van der Waals surface area contributed by atoms with Crippen LogP contribution >= 0.6 is 0 Å². The van der Waals surface area contributed by atoms with Crippen molar-refractivity contribution >= 4 is 23.9 Å². The fourth-order valence-electron chi connectivity index (χ4n) is 2.96. The molecule has 1 saturated heterocycles. The summed E-state index contributed by atoms with van der Waals surface area (Å²) in [4.78, 5) is 51.2.